The van der Waals surface area contributed by atoms with E-state index in [-0.39, 0.29) is 66.0 Å². The highest BCUT2D eigenvalue weighted by Crippen LogP contribution is 2.30. The molecule has 0 aromatic heterocycles. The average molecular weight is 1430 g/mol. The Kier molecular flexibility index (Phi) is 51.1. The van der Waals surface area contributed by atoms with E-state index in [9.17, 15) is 70.4 Å². The summed E-state index contributed by atoms with van der Waals surface area (Å²) < 4.78 is 172. The van der Waals surface area contributed by atoms with Crippen LogP contribution in [0.5, 0.6) is 5.75 Å². The Labute approximate surface area is 546 Å². The largest absolute Gasteiger partial charge is 0.420 e. The summed E-state index contributed by atoms with van der Waals surface area (Å²) in [6.07, 6.45) is 3.81. The first kappa shape index (κ1) is 88.9. The van der Waals surface area contributed by atoms with Crippen molar-refractivity contribution in [2.24, 2.45) is 23.7 Å². The summed E-state index contributed by atoms with van der Waals surface area (Å²) in [5.41, 5.74) is -0.770. The third-order valence-corrected chi connectivity index (χ3v) is 22.8. The minimum absolute atomic E-state index is 0.0216. The van der Waals surface area contributed by atoms with Gasteiger partial charge in [0.15, 0.2) is 56.8 Å². The molecule has 2 rings (SSSR count). The van der Waals surface area contributed by atoms with E-state index in [4.69, 9.17) is 23.8 Å². The summed E-state index contributed by atoms with van der Waals surface area (Å²) in [4.78, 5) is 50.5. The number of nitrogens with zero attached hydrogens (tertiary/aromatic N) is 1. The Bertz CT molecular complexity index is 2590. The molecule has 0 unspecified atom stereocenters. The molecule has 0 spiro atoms. The van der Waals surface area contributed by atoms with E-state index in [0.29, 0.717) is 135 Å². The maximum absolute atomic E-state index is 13.9. The number of ether oxygens (including phenoxy) is 5. The number of halogens is 4. The number of esters is 1. The molecular weight excluding hydrogens is 1330 g/mol. The van der Waals surface area contributed by atoms with Crippen LogP contribution >= 0.6 is 47.0 Å². The van der Waals surface area contributed by atoms with Crippen LogP contribution in [0, 0.1) is 53.9 Å². The van der Waals surface area contributed by atoms with Crippen molar-refractivity contribution in [3.05, 3.63) is 40.8 Å². The van der Waals surface area contributed by atoms with Gasteiger partial charge in [0.2, 0.25) is 11.6 Å². The first-order valence-electron chi connectivity index (χ1n) is 29.8. The van der Waals surface area contributed by atoms with E-state index >= 15 is 0 Å². The minimum atomic E-state index is -3.05. The van der Waals surface area contributed by atoms with E-state index in [1.165, 1.54) is 35.3 Å². The maximum Gasteiger partial charge on any atom is 0.334 e. The number of sulfone groups is 4. The standard InChI is InChI=1S/C23H34F4O6S3.C14H23NO6S2.C14H30O4S2.C7H14O2S/c1-16(2)5-14-36(29,30)15-13-35-12-9-32-7-6-31-8-11-34-10-4-18(28)33-23-20(25)17(3)19(24)21(26)22(23)27;1-11(2)6-9-23(19,20)10-8-22-7-5-14(18)21-15-12(16)3-4-13(15)17;1-4-6-17-7-8-18-9-10-19-11-13-20(15,16)12-5-14(2)3;1-4-10(8,9)6-5-7(2)3/h16H,4-15H2,1-3H3;11H,3-10H2,1-2H3;14H,4-13H2,1-3H3;4,7H,1,5-6H2,2-3H3. The van der Waals surface area contributed by atoms with Crippen molar-refractivity contribution in [2.45, 2.75) is 127 Å². The number of thioether (sulfide) groups is 4. The van der Waals surface area contributed by atoms with Gasteiger partial charge in [0.1, 0.15) is 0 Å². The summed E-state index contributed by atoms with van der Waals surface area (Å²) in [5.74, 6) is -3.26. The fraction of sp³-hybridized carbons (Fsp3) is 0.793. The van der Waals surface area contributed by atoms with Gasteiger partial charge in [-0.1, -0.05) is 68.9 Å². The number of hydrogen-bond donors (Lipinski definition) is 0. The number of carbonyl (C=O) groups excluding carboxylic acids is 4. The Morgan fingerprint density at radius 1 is 0.483 bits per heavy atom. The van der Waals surface area contributed by atoms with E-state index in [1.807, 2.05) is 55.4 Å². The Morgan fingerprint density at radius 3 is 1.20 bits per heavy atom. The molecule has 0 bridgehead atoms. The predicted octanol–water partition coefficient (Wildman–Crippen LogP) is 10.2. The van der Waals surface area contributed by atoms with Gasteiger partial charge in [-0.05, 0) is 62.7 Å². The molecule has 1 aliphatic rings. The molecule has 0 saturated carbocycles. The van der Waals surface area contributed by atoms with Gasteiger partial charge in [0.05, 0.1) is 99.4 Å². The molecule has 0 atom stereocenters. The van der Waals surface area contributed by atoms with Crippen LogP contribution in [0.1, 0.15) is 126 Å². The fourth-order valence-electron chi connectivity index (χ4n) is 6.24. The molecule has 1 aromatic rings. The quantitative estimate of drug-likeness (QED) is 0.0112. The second-order valence-corrected chi connectivity index (χ2v) is 35.7. The number of amides is 2. The second kappa shape index (κ2) is 51.2. The molecule has 31 heteroatoms. The lowest BCUT2D eigenvalue weighted by molar-refractivity contribution is -0.197. The van der Waals surface area contributed by atoms with Crippen LogP contribution in [-0.4, -0.2) is 202 Å². The molecule has 1 aliphatic heterocycles. The van der Waals surface area contributed by atoms with Gasteiger partial charge in [-0.15, -0.1) is 5.06 Å². The second-order valence-electron chi connectivity index (χ2n) is 21.8. The van der Waals surface area contributed by atoms with Crippen molar-refractivity contribution < 1.29 is 98.9 Å². The highest BCUT2D eigenvalue weighted by molar-refractivity contribution is 8.01. The maximum atomic E-state index is 13.9. The molecule has 0 radical (unpaired) electrons. The molecule has 2 amide bonds. The minimum Gasteiger partial charge on any atom is -0.420 e. The Balaban J connectivity index is 0. The molecule has 522 valence electrons. The van der Waals surface area contributed by atoms with Crippen molar-refractivity contribution in [1.29, 1.82) is 0 Å². The van der Waals surface area contributed by atoms with Gasteiger partial charge in [0.25, 0.3) is 11.8 Å². The van der Waals surface area contributed by atoms with Gasteiger partial charge in [-0.3, -0.25) is 14.4 Å². The number of hydrogen-bond acceptors (Lipinski definition) is 22. The molecule has 1 heterocycles. The number of imide groups is 1. The monoisotopic (exact) mass is 1430 g/mol. The molecule has 0 N–H and O–H groups in total. The lowest BCUT2D eigenvalue weighted by atomic mass is 10.2. The van der Waals surface area contributed by atoms with E-state index in [1.54, 1.807) is 11.8 Å². The molecule has 1 aromatic carbocycles. The lowest BCUT2D eigenvalue weighted by Crippen LogP contribution is -2.32. The topological polar surface area (TPSA) is 263 Å². The summed E-state index contributed by atoms with van der Waals surface area (Å²) in [7, 11) is -11.8. The number of carbonyl (C=O) groups is 4. The van der Waals surface area contributed by atoms with E-state index < -0.39 is 97.7 Å². The van der Waals surface area contributed by atoms with Gasteiger partial charge in [-0.2, -0.15) is 51.4 Å². The number of rotatable bonds is 47. The summed E-state index contributed by atoms with van der Waals surface area (Å²) in [6.45, 7) is 26.6. The van der Waals surface area contributed by atoms with Gasteiger partial charge in [-0.25, -0.2) is 51.6 Å². The van der Waals surface area contributed by atoms with Crippen LogP contribution in [0.15, 0.2) is 12.0 Å². The fourth-order valence-corrected chi connectivity index (χ4v) is 16.9. The van der Waals surface area contributed by atoms with Crippen molar-refractivity contribution in [1.82, 2.24) is 5.06 Å². The summed E-state index contributed by atoms with van der Waals surface area (Å²) in [6, 6.07) is 0. The van der Waals surface area contributed by atoms with Crippen LogP contribution in [0.4, 0.5) is 17.6 Å². The number of hydroxylamine groups is 2. The zero-order valence-corrected chi connectivity index (χ0v) is 60.3. The van der Waals surface area contributed by atoms with Crippen LogP contribution in [0.2, 0.25) is 0 Å². The van der Waals surface area contributed by atoms with Crippen LogP contribution in [-0.2, 0) is 82.3 Å². The summed E-state index contributed by atoms with van der Waals surface area (Å²) in [5, 5.41) is 1.54. The zero-order chi connectivity index (χ0) is 68.1. The molecular formula is C58H101F4NO18S8. The van der Waals surface area contributed by atoms with E-state index in [2.05, 4.69) is 18.2 Å². The normalized spacial score (nSPS) is 12.9. The molecule has 0 aliphatic carbocycles. The first-order valence-corrected chi connectivity index (χ1v) is 41.6. The van der Waals surface area contributed by atoms with Gasteiger partial charge in [0, 0.05) is 76.4 Å². The zero-order valence-electron chi connectivity index (χ0n) is 53.8. The van der Waals surface area contributed by atoms with E-state index in [0.717, 1.165) is 37.5 Å². The first-order chi connectivity index (χ1) is 41.6. The van der Waals surface area contributed by atoms with Crippen LogP contribution in [0.3, 0.4) is 0 Å². The van der Waals surface area contributed by atoms with Crippen LogP contribution in [0.25, 0.3) is 0 Å². The summed E-state index contributed by atoms with van der Waals surface area (Å²) >= 11 is 5.86. The molecule has 89 heavy (non-hydrogen) atoms. The SMILES string of the molecule is C=CS(=O)(=O)CCC(C)C.CC(C)CCS(=O)(=O)CCSCCC(=O)ON1C(=O)CCC1=O.CCCOCCOCCSCCS(=O)(=O)CCC(C)C.Cc1c(F)c(F)c(F)c(OC(=O)CCSCCOCCOCCSCCS(=O)(=O)CCC(C)C)c1F. The van der Waals surface area contributed by atoms with Gasteiger partial charge >= 0.3 is 11.9 Å². The Morgan fingerprint density at radius 2 is 0.831 bits per heavy atom. The molecule has 19 nitrogen and oxygen atoms in total. The Hall–Kier alpha value is -2.20. The predicted molar refractivity (Wildman–Crippen MR) is 354 cm³/mol. The average Bonchev–Trinajstić information content (AvgIpc) is 2.00. The van der Waals surface area contributed by atoms with Crippen molar-refractivity contribution >= 4 is 110 Å². The highest BCUT2D eigenvalue weighted by Gasteiger charge is 2.33. The third-order valence-electron chi connectivity index (χ3n) is 11.8. The number of benzene rings is 1. The van der Waals surface area contributed by atoms with Crippen molar-refractivity contribution in [3.8, 4) is 5.75 Å². The molecule has 1 saturated heterocycles. The van der Waals surface area contributed by atoms with Gasteiger partial charge < -0.3 is 28.5 Å². The smallest absolute Gasteiger partial charge is 0.334 e. The lowest BCUT2D eigenvalue weighted by Gasteiger charge is -2.12. The van der Waals surface area contributed by atoms with Crippen LogP contribution < -0.4 is 4.74 Å². The highest BCUT2D eigenvalue weighted by atomic mass is 32.2. The van der Waals surface area contributed by atoms with Crippen molar-refractivity contribution in [2.75, 3.05) is 139 Å². The third kappa shape index (κ3) is 50.0. The molecule has 1 fully saturated rings. The van der Waals surface area contributed by atoms with Crippen molar-refractivity contribution in [3.63, 3.8) is 0 Å².